The Balaban J connectivity index is 1.97. The lowest BCUT2D eigenvalue weighted by molar-refractivity contribution is -0.385. The average Bonchev–Trinajstić information content (AvgIpc) is 2.87. The van der Waals surface area contributed by atoms with Crippen molar-refractivity contribution in [3.05, 3.63) is 86.9 Å². The first-order valence-electron chi connectivity index (χ1n) is 10.6. The van der Waals surface area contributed by atoms with Crippen molar-refractivity contribution in [3.8, 4) is 5.75 Å². The number of nitro benzene ring substituents is 1. The molecule has 0 aromatic heterocycles. The second-order valence-electron chi connectivity index (χ2n) is 7.60. The van der Waals surface area contributed by atoms with E-state index in [9.17, 15) is 23.3 Å². The molecule has 0 saturated carbocycles. The van der Waals surface area contributed by atoms with E-state index in [1.54, 1.807) is 11.8 Å². The van der Waals surface area contributed by atoms with Crippen LogP contribution in [0, 0.1) is 17.0 Å². The Bertz CT molecular complexity index is 1450. The summed E-state index contributed by atoms with van der Waals surface area (Å²) in [5.74, 6) is -0.635. The van der Waals surface area contributed by atoms with Crippen molar-refractivity contribution >= 4 is 56.9 Å². The molecule has 0 unspecified atom stereocenters. The first kappa shape index (κ1) is 28.0. The van der Waals surface area contributed by atoms with Crippen molar-refractivity contribution in [2.24, 2.45) is 5.10 Å². The maximum atomic E-state index is 13.7. The van der Waals surface area contributed by atoms with E-state index < -0.39 is 27.4 Å². The van der Waals surface area contributed by atoms with Gasteiger partial charge in [0.15, 0.2) is 0 Å². The number of amides is 1. The van der Waals surface area contributed by atoms with Gasteiger partial charge in [-0.1, -0.05) is 29.8 Å². The Labute approximate surface area is 223 Å². The van der Waals surface area contributed by atoms with Crippen LogP contribution in [-0.4, -0.2) is 45.4 Å². The molecule has 0 fully saturated rings. The van der Waals surface area contributed by atoms with Gasteiger partial charge in [-0.25, -0.2) is 13.8 Å². The van der Waals surface area contributed by atoms with E-state index in [1.165, 1.54) is 50.6 Å². The third kappa shape index (κ3) is 6.79. The number of hydrogen-bond acceptors (Lipinski definition) is 8. The number of sulfonamides is 1. The van der Waals surface area contributed by atoms with Crippen molar-refractivity contribution in [1.82, 2.24) is 5.43 Å². The smallest absolute Gasteiger partial charge is 0.273 e. The van der Waals surface area contributed by atoms with Crippen molar-refractivity contribution in [2.75, 3.05) is 24.2 Å². The lowest BCUT2D eigenvalue weighted by Crippen LogP contribution is -2.39. The standard InChI is InChI=1S/C24H23ClN4O6S2/c1-16-4-10-20(13-21(16)29(31)32)37(33,34)28(22-12-18(25)7-11-23(22)35-2)15-24(30)27-26-14-17-5-8-19(36-3)9-6-17/h4-14H,15H2,1-3H3,(H,27,30)/b26-14-. The third-order valence-corrected chi connectivity index (χ3v) is 7.92. The van der Waals surface area contributed by atoms with Crippen LogP contribution >= 0.6 is 23.4 Å². The van der Waals surface area contributed by atoms with Gasteiger partial charge in [0, 0.05) is 21.5 Å². The number of hydrogen-bond donors (Lipinski definition) is 1. The molecule has 0 spiro atoms. The molecule has 0 atom stereocenters. The van der Waals surface area contributed by atoms with Gasteiger partial charge in [0.05, 0.1) is 28.8 Å². The molecule has 3 aromatic rings. The Morgan fingerprint density at radius 3 is 2.51 bits per heavy atom. The fourth-order valence-corrected chi connectivity index (χ4v) is 5.28. The van der Waals surface area contributed by atoms with Crippen LogP contribution in [0.4, 0.5) is 11.4 Å². The number of benzene rings is 3. The van der Waals surface area contributed by atoms with E-state index in [0.29, 0.717) is 0 Å². The summed E-state index contributed by atoms with van der Waals surface area (Å²) in [4.78, 5) is 24.2. The molecule has 0 radical (unpaired) electrons. The van der Waals surface area contributed by atoms with Crippen LogP contribution in [0.3, 0.4) is 0 Å². The maximum absolute atomic E-state index is 13.7. The predicted octanol–water partition coefficient (Wildman–Crippen LogP) is 4.63. The molecule has 1 amide bonds. The topological polar surface area (TPSA) is 131 Å². The Morgan fingerprint density at radius 2 is 1.89 bits per heavy atom. The second-order valence-corrected chi connectivity index (χ2v) is 10.8. The summed E-state index contributed by atoms with van der Waals surface area (Å²) >= 11 is 7.70. The van der Waals surface area contributed by atoms with Crippen LogP contribution in [-0.2, 0) is 14.8 Å². The van der Waals surface area contributed by atoms with Crippen LogP contribution in [0.25, 0.3) is 0 Å². The number of carbonyl (C=O) groups excluding carboxylic acids is 1. The van der Waals surface area contributed by atoms with E-state index in [-0.39, 0.29) is 32.6 Å². The largest absolute Gasteiger partial charge is 0.495 e. The number of carbonyl (C=O) groups is 1. The number of aryl methyl sites for hydroxylation is 1. The van der Waals surface area contributed by atoms with Crippen LogP contribution in [0.2, 0.25) is 5.02 Å². The van der Waals surface area contributed by atoms with E-state index in [1.807, 2.05) is 30.5 Å². The Hall–Kier alpha value is -3.61. The Morgan fingerprint density at radius 1 is 1.19 bits per heavy atom. The minimum absolute atomic E-state index is 0.0231. The van der Waals surface area contributed by atoms with E-state index in [2.05, 4.69) is 10.5 Å². The summed E-state index contributed by atoms with van der Waals surface area (Å²) in [6.07, 6.45) is 3.37. The van der Waals surface area contributed by atoms with Gasteiger partial charge in [-0.15, -0.1) is 11.8 Å². The normalized spacial score (nSPS) is 11.4. The fourth-order valence-electron chi connectivity index (χ4n) is 3.27. The first-order chi connectivity index (χ1) is 17.6. The van der Waals surface area contributed by atoms with Crippen LogP contribution in [0.1, 0.15) is 11.1 Å². The number of nitro groups is 1. The molecule has 194 valence electrons. The molecule has 0 saturated heterocycles. The number of hydrazone groups is 1. The lowest BCUT2D eigenvalue weighted by atomic mass is 10.2. The van der Waals surface area contributed by atoms with E-state index in [4.69, 9.17) is 16.3 Å². The molecule has 0 aliphatic rings. The van der Waals surface area contributed by atoms with Gasteiger partial charge in [-0.3, -0.25) is 19.2 Å². The zero-order chi connectivity index (χ0) is 27.2. The van der Waals surface area contributed by atoms with Gasteiger partial charge >= 0.3 is 0 Å². The van der Waals surface area contributed by atoms with Gasteiger partial charge in [-0.05, 0) is 55.1 Å². The monoisotopic (exact) mass is 562 g/mol. The molecule has 3 rings (SSSR count). The van der Waals surface area contributed by atoms with Crippen molar-refractivity contribution in [1.29, 1.82) is 0 Å². The number of methoxy groups -OCH3 is 1. The number of anilines is 1. The van der Waals surface area contributed by atoms with E-state index >= 15 is 0 Å². The van der Waals surface area contributed by atoms with Crippen LogP contribution < -0.4 is 14.5 Å². The van der Waals surface area contributed by atoms with Crippen LogP contribution in [0.5, 0.6) is 5.75 Å². The highest BCUT2D eigenvalue weighted by Gasteiger charge is 2.31. The number of halogens is 1. The summed E-state index contributed by atoms with van der Waals surface area (Å²) < 4.78 is 33.4. The summed E-state index contributed by atoms with van der Waals surface area (Å²) in [5.41, 5.74) is 2.93. The summed E-state index contributed by atoms with van der Waals surface area (Å²) in [7, 11) is -3.15. The molecule has 0 heterocycles. The van der Waals surface area contributed by atoms with Gasteiger partial charge in [-0.2, -0.15) is 5.10 Å². The molecule has 0 aliphatic carbocycles. The number of ether oxygens (including phenoxy) is 1. The molecule has 37 heavy (non-hydrogen) atoms. The molecule has 10 nitrogen and oxygen atoms in total. The van der Waals surface area contributed by atoms with E-state index in [0.717, 1.165) is 20.8 Å². The zero-order valence-electron chi connectivity index (χ0n) is 20.0. The molecule has 0 aliphatic heterocycles. The van der Waals surface area contributed by atoms with Gasteiger partial charge < -0.3 is 4.74 Å². The number of nitrogens with one attached hydrogen (secondary N) is 1. The highest BCUT2D eigenvalue weighted by molar-refractivity contribution is 7.98. The van der Waals surface area contributed by atoms with Crippen molar-refractivity contribution in [2.45, 2.75) is 16.7 Å². The van der Waals surface area contributed by atoms with Gasteiger partial charge in [0.1, 0.15) is 12.3 Å². The SMILES string of the molecule is COc1ccc(Cl)cc1N(CC(=O)N/N=C\c1ccc(SC)cc1)S(=O)(=O)c1ccc(C)c([N+](=O)[O-])c1. The van der Waals surface area contributed by atoms with Crippen molar-refractivity contribution in [3.63, 3.8) is 0 Å². The van der Waals surface area contributed by atoms with Gasteiger partial charge in [0.25, 0.3) is 21.6 Å². The quantitative estimate of drug-likeness (QED) is 0.165. The Kier molecular flexibility index (Phi) is 9.14. The molecule has 0 bridgehead atoms. The summed E-state index contributed by atoms with van der Waals surface area (Å²) in [6.45, 7) is 0.788. The van der Waals surface area contributed by atoms with Gasteiger partial charge in [0.2, 0.25) is 0 Å². The highest BCUT2D eigenvalue weighted by atomic mass is 35.5. The minimum atomic E-state index is -4.48. The molecular formula is C24H23ClN4O6S2. The maximum Gasteiger partial charge on any atom is 0.273 e. The highest BCUT2D eigenvalue weighted by Crippen LogP contribution is 2.35. The first-order valence-corrected chi connectivity index (χ1v) is 13.7. The zero-order valence-corrected chi connectivity index (χ0v) is 22.4. The third-order valence-electron chi connectivity index (χ3n) is 5.18. The minimum Gasteiger partial charge on any atom is -0.495 e. The lowest BCUT2D eigenvalue weighted by Gasteiger charge is -2.25. The summed E-state index contributed by atoms with van der Waals surface area (Å²) in [6, 6.07) is 15.2. The fraction of sp³-hybridized carbons (Fsp3) is 0.167. The number of thioether (sulfide) groups is 1. The van der Waals surface area contributed by atoms with Crippen LogP contribution in [0.15, 0.2) is 75.6 Å². The number of nitrogens with zero attached hydrogens (tertiary/aromatic N) is 3. The predicted molar refractivity (Wildman–Crippen MR) is 144 cm³/mol. The summed E-state index contributed by atoms with van der Waals surface area (Å²) in [5, 5.41) is 15.5. The molecule has 1 N–H and O–H groups in total. The molecule has 3 aromatic carbocycles. The molecular weight excluding hydrogens is 540 g/mol. The van der Waals surface area contributed by atoms with Crippen molar-refractivity contribution < 1.29 is 22.9 Å². The molecule has 13 heteroatoms. The number of rotatable bonds is 10. The average molecular weight is 563 g/mol. The second kappa shape index (κ2) is 12.1.